The fourth-order valence-electron chi connectivity index (χ4n) is 1.58. The lowest BCUT2D eigenvalue weighted by molar-refractivity contribution is -0.114. The molecule has 104 valence electrons. The molecule has 0 fully saturated rings. The third-order valence-corrected chi connectivity index (χ3v) is 5.09. The van der Waals surface area contributed by atoms with Crippen LogP contribution in [0.3, 0.4) is 0 Å². The van der Waals surface area contributed by atoms with E-state index in [4.69, 9.17) is 0 Å². The third-order valence-electron chi connectivity index (χ3n) is 2.57. The van der Waals surface area contributed by atoms with Crippen LogP contribution < -0.4 is 0 Å². The van der Waals surface area contributed by atoms with Gasteiger partial charge < -0.3 is 9.80 Å². The molecule has 0 bridgehead atoms. The molecule has 0 saturated heterocycles. The fraction of sp³-hybridized carbons (Fsp3) is 0.600. The minimum atomic E-state index is 0.187. The number of thioether (sulfide) groups is 2. The zero-order valence-corrected chi connectivity index (χ0v) is 12.7. The Morgan fingerprint density at radius 1 is 1.26 bits per heavy atom. The van der Waals surface area contributed by atoms with Gasteiger partial charge in [0.25, 0.3) is 0 Å². The van der Waals surface area contributed by atoms with Gasteiger partial charge in [-0.05, 0) is 10.4 Å². The Bertz CT molecular complexity index is 464. The van der Waals surface area contributed by atoms with Crippen molar-refractivity contribution < 1.29 is 4.79 Å². The van der Waals surface area contributed by atoms with Gasteiger partial charge in [0.1, 0.15) is 5.50 Å². The van der Waals surface area contributed by atoms with Gasteiger partial charge in [0, 0.05) is 33.5 Å². The number of tetrazole rings is 1. The summed E-state index contributed by atoms with van der Waals surface area (Å²) in [4.78, 5) is 16.0. The number of ketones is 1. The SMILES string of the molecule is CN1C=CN(C)C1SCC(=O)CSc1nnnn1C. The number of hydrogen-bond donors (Lipinski definition) is 0. The van der Waals surface area contributed by atoms with E-state index >= 15 is 0 Å². The van der Waals surface area contributed by atoms with Gasteiger partial charge >= 0.3 is 0 Å². The van der Waals surface area contributed by atoms with Gasteiger partial charge in [0.2, 0.25) is 5.16 Å². The molecule has 9 heteroatoms. The van der Waals surface area contributed by atoms with Crippen LogP contribution >= 0.6 is 23.5 Å². The second-order valence-electron chi connectivity index (χ2n) is 4.18. The quantitative estimate of drug-likeness (QED) is 0.692. The summed E-state index contributed by atoms with van der Waals surface area (Å²) < 4.78 is 1.56. The van der Waals surface area contributed by atoms with Crippen LogP contribution in [0.1, 0.15) is 0 Å². The molecule has 0 aliphatic carbocycles. The van der Waals surface area contributed by atoms with Gasteiger partial charge in [-0.3, -0.25) is 4.79 Å². The molecule has 0 atom stereocenters. The topological polar surface area (TPSA) is 67.2 Å². The molecular weight excluding hydrogens is 284 g/mol. The lowest BCUT2D eigenvalue weighted by Gasteiger charge is -2.26. The molecular formula is C10H16N6OS2. The molecule has 0 aromatic carbocycles. The summed E-state index contributed by atoms with van der Waals surface area (Å²) in [5.74, 6) is 1.07. The molecule has 7 nitrogen and oxygen atoms in total. The van der Waals surface area contributed by atoms with Crippen molar-refractivity contribution in [2.24, 2.45) is 7.05 Å². The number of carbonyl (C=O) groups excluding carboxylic acids is 1. The molecule has 0 amide bonds. The van der Waals surface area contributed by atoms with Gasteiger partial charge in [0.15, 0.2) is 5.78 Å². The summed E-state index contributed by atoms with van der Waals surface area (Å²) in [6.07, 6.45) is 4.00. The van der Waals surface area contributed by atoms with Crippen molar-refractivity contribution in [3.05, 3.63) is 12.4 Å². The van der Waals surface area contributed by atoms with E-state index < -0.39 is 0 Å². The fourth-order valence-corrected chi connectivity index (χ4v) is 3.46. The van der Waals surface area contributed by atoms with E-state index in [1.54, 1.807) is 23.5 Å². The predicted molar refractivity (Wildman–Crippen MR) is 75.4 cm³/mol. The second kappa shape index (κ2) is 6.29. The van der Waals surface area contributed by atoms with Crippen LogP contribution in [0.2, 0.25) is 0 Å². The summed E-state index contributed by atoms with van der Waals surface area (Å²) in [6.45, 7) is 0. The Labute approximate surface area is 120 Å². The van der Waals surface area contributed by atoms with Crippen molar-refractivity contribution in [1.29, 1.82) is 0 Å². The largest absolute Gasteiger partial charge is 0.351 e. The first kappa shape index (κ1) is 14.2. The molecule has 0 spiro atoms. The number of aryl methyl sites for hydroxylation is 1. The van der Waals surface area contributed by atoms with Crippen molar-refractivity contribution in [3.63, 3.8) is 0 Å². The molecule has 1 aliphatic heterocycles. The van der Waals surface area contributed by atoms with Crippen molar-refractivity contribution in [3.8, 4) is 0 Å². The Kier molecular flexibility index (Phi) is 4.70. The smallest absolute Gasteiger partial charge is 0.209 e. The molecule has 1 aromatic rings. The maximum absolute atomic E-state index is 11.8. The molecule has 2 heterocycles. The summed E-state index contributed by atoms with van der Waals surface area (Å²) in [6, 6.07) is 0. The van der Waals surface area contributed by atoms with Crippen LogP contribution in [0.25, 0.3) is 0 Å². The number of rotatable bonds is 6. The van der Waals surface area contributed by atoms with E-state index in [1.165, 1.54) is 11.8 Å². The number of hydrogen-bond acceptors (Lipinski definition) is 8. The highest BCUT2D eigenvalue weighted by Crippen LogP contribution is 2.23. The number of Topliss-reactive ketones (excluding diaryl/α,β-unsaturated/α-hetero) is 1. The average Bonchev–Trinajstić information content (AvgIpc) is 2.92. The minimum Gasteiger partial charge on any atom is -0.351 e. The first-order valence-electron chi connectivity index (χ1n) is 5.68. The average molecular weight is 300 g/mol. The normalized spacial score (nSPS) is 15.5. The van der Waals surface area contributed by atoms with Gasteiger partial charge in [-0.2, -0.15) is 0 Å². The molecule has 19 heavy (non-hydrogen) atoms. The minimum absolute atomic E-state index is 0.187. The number of carbonyl (C=O) groups is 1. The third kappa shape index (κ3) is 3.63. The van der Waals surface area contributed by atoms with Crippen molar-refractivity contribution in [1.82, 2.24) is 30.0 Å². The second-order valence-corrected chi connectivity index (χ2v) is 6.16. The summed E-state index contributed by atoms with van der Waals surface area (Å²) in [7, 11) is 5.76. The number of nitrogens with zero attached hydrogens (tertiary/aromatic N) is 6. The maximum atomic E-state index is 11.8. The maximum Gasteiger partial charge on any atom is 0.209 e. The van der Waals surface area contributed by atoms with Crippen LogP contribution in [-0.4, -0.2) is 66.9 Å². The van der Waals surface area contributed by atoms with Crippen LogP contribution in [0.15, 0.2) is 17.6 Å². The van der Waals surface area contributed by atoms with E-state index in [9.17, 15) is 4.79 Å². The van der Waals surface area contributed by atoms with Gasteiger partial charge in [-0.1, -0.05) is 11.8 Å². The monoisotopic (exact) mass is 300 g/mol. The van der Waals surface area contributed by atoms with Gasteiger partial charge in [-0.15, -0.1) is 16.9 Å². The first-order chi connectivity index (χ1) is 9.08. The Balaban J connectivity index is 1.72. The standard InChI is InChI=1S/C10H16N6OS2/c1-14-4-5-15(2)10(14)19-7-8(17)6-18-9-11-12-13-16(9)3/h4-5,10H,6-7H2,1-3H3. The van der Waals surface area contributed by atoms with Gasteiger partial charge in [-0.25, -0.2) is 4.68 Å². The Hall–Kier alpha value is -1.22. The summed E-state index contributed by atoms with van der Waals surface area (Å²) >= 11 is 2.98. The number of aromatic nitrogens is 4. The Morgan fingerprint density at radius 2 is 1.95 bits per heavy atom. The predicted octanol–water partition coefficient (Wildman–Crippen LogP) is 0.236. The van der Waals surface area contributed by atoms with Crippen LogP contribution in [0, 0.1) is 0 Å². The van der Waals surface area contributed by atoms with Crippen LogP contribution in [0.4, 0.5) is 0 Å². The lowest BCUT2D eigenvalue weighted by atomic mass is 10.5. The molecule has 1 aromatic heterocycles. The van der Waals surface area contributed by atoms with Crippen LogP contribution in [0.5, 0.6) is 0 Å². The molecule has 1 aliphatic rings. The zero-order chi connectivity index (χ0) is 13.8. The van der Waals surface area contributed by atoms with Crippen molar-refractivity contribution in [2.75, 3.05) is 25.6 Å². The Morgan fingerprint density at radius 3 is 2.53 bits per heavy atom. The van der Waals surface area contributed by atoms with Crippen LogP contribution in [-0.2, 0) is 11.8 Å². The summed E-state index contributed by atoms with van der Waals surface area (Å²) in [5, 5.41) is 11.7. The molecule has 0 unspecified atom stereocenters. The van der Waals surface area contributed by atoms with E-state index in [0.717, 1.165) is 0 Å². The molecule has 0 N–H and O–H groups in total. The zero-order valence-electron chi connectivity index (χ0n) is 11.1. The van der Waals surface area contributed by atoms with Crippen molar-refractivity contribution in [2.45, 2.75) is 10.7 Å². The van der Waals surface area contributed by atoms with E-state index in [0.29, 0.717) is 16.7 Å². The molecule has 0 radical (unpaired) electrons. The van der Waals surface area contributed by atoms with E-state index in [1.807, 2.05) is 26.5 Å². The highest BCUT2D eigenvalue weighted by molar-refractivity contribution is 8.01. The lowest BCUT2D eigenvalue weighted by Crippen LogP contribution is -2.31. The highest BCUT2D eigenvalue weighted by Gasteiger charge is 2.21. The highest BCUT2D eigenvalue weighted by atomic mass is 32.2. The van der Waals surface area contributed by atoms with Crippen molar-refractivity contribution >= 4 is 29.3 Å². The molecule has 0 saturated carbocycles. The van der Waals surface area contributed by atoms with E-state index in [2.05, 4.69) is 25.3 Å². The van der Waals surface area contributed by atoms with E-state index in [-0.39, 0.29) is 11.3 Å². The first-order valence-corrected chi connectivity index (χ1v) is 7.72. The summed E-state index contributed by atoms with van der Waals surface area (Å²) in [5.41, 5.74) is 0.199. The van der Waals surface area contributed by atoms with Gasteiger partial charge in [0.05, 0.1) is 11.5 Å². The molecule has 2 rings (SSSR count).